The molecule has 0 unspecified atom stereocenters. The highest BCUT2D eigenvalue weighted by Crippen LogP contribution is 2.28. The maximum atomic E-state index is 13.5. The number of benzene rings is 1. The lowest BCUT2D eigenvalue weighted by atomic mass is 10.2. The summed E-state index contributed by atoms with van der Waals surface area (Å²) < 4.78 is 46.3. The van der Waals surface area contributed by atoms with Crippen LogP contribution >= 0.6 is 15.9 Å². The number of aryl methyl sites for hydroxylation is 2. The van der Waals surface area contributed by atoms with Crippen molar-refractivity contribution in [1.29, 1.82) is 0 Å². The summed E-state index contributed by atoms with van der Waals surface area (Å²) in [6.07, 6.45) is 0. The third-order valence-corrected chi connectivity index (χ3v) is 5.19. The molecule has 0 aliphatic carbocycles. The van der Waals surface area contributed by atoms with Crippen molar-refractivity contribution in [3.8, 4) is 0 Å². The van der Waals surface area contributed by atoms with Crippen molar-refractivity contribution in [1.82, 2.24) is 0 Å². The van der Waals surface area contributed by atoms with Gasteiger partial charge in [0.1, 0.15) is 22.2 Å². The number of hydrogen-bond donors (Lipinski definition) is 2. The molecule has 0 fully saturated rings. The van der Waals surface area contributed by atoms with Gasteiger partial charge >= 0.3 is 0 Å². The van der Waals surface area contributed by atoms with E-state index in [0.717, 1.165) is 6.07 Å². The lowest BCUT2D eigenvalue weighted by Crippen LogP contribution is -2.16. The maximum absolute atomic E-state index is 13.5. The van der Waals surface area contributed by atoms with E-state index in [9.17, 15) is 12.8 Å². The molecule has 0 amide bonds. The first-order valence-corrected chi connectivity index (χ1v) is 8.30. The van der Waals surface area contributed by atoms with E-state index in [4.69, 9.17) is 10.2 Å². The van der Waals surface area contributed by atoms with Crippen molar-refractivity contribution in [2.75, 3.05) is 4.72 Å². The van der Waals surface area contributed by atoms with Crippen LogP contribution in [0.25, 0.3) is 0 Å². The van der Waals surface area contributed by atoms with Crippen LogP contribution in [-0.2, 0) is 16.6 Å². The Bertz CT molecular complexity index is 787. The van der Waals surface area contributed by atoms with Crippen LogP contribution in [0.1, 0.15) is 17.1 Å². The summed E-state index contributed by atoms with van der Waals surface area (Å²) in [6.45, 7) is 3.23. The predicted molar refractivity (Wildman–Crippen MR) is 81.0 cm³/mol. The Morgan fingerprint density at radius 1 is 1.33 bits per heavy atom. The zero-order chi connectivity index (χ0) is 15.8. The minimum atomic E-state index is -3.90. The number of anilines is 1. The Kier molecular flexibility index (Phi) is 4.40. The van der Waals surface area contributed by atoms with E-state index in [1.165, 1.54) is 12.1 Å². The van der Waals surface area contributed by atoms with Crippen LogP contribution < -0.4 is 10.5 Å². The Morgan fingerprint density at radius 3 is 2.57 bits per heavy atom. The molecule has 0 atom stereocenters. The van der Waals surface area contributed by atoms with Crippen molar-refractivity contribution in [3.05, 3.63) is 45.6 Å². The van der Waals surface area contributed by atoms with Crippen molar-refractivity contribution in [3.63, 3.8) is 0 Å². The summed E-state index contributed by atoms with van der Waals surface area (Å²) in [5, 5.41) is 0. The fourth-order valence-corrected chi connectivity index (χ4v) is 3.82. The second-order valence-electron chi connectivity index (χ2n) is 4.46. The van der Waals surface area contributed by atoms with Crippen LogP contribution in [-0.4, -0.2) is 8.42 Å². The van der Waals surface area contributed by atoms with Crippen LogP contribution in [0, 0.1) is 19.7 Å². The number of sulfonamides is 1. The van der Waals surface area contributed by atoms with Crippen LogP contribution in [0.15, 0.2) is 32.0 Å². The van der Waals surface area contributed by atoms with Crippen LogP contribution in [0.3, 0.4) is 0 Å². The summed E-state index contributed by atoms with van der Waals surface area (Å²) in [5.74, 6) is 0.143. The summed E-state index contributed by atoms with van der Waals surface area (Å²) in [5.41, 5.74) is 6.12. The topological polar surface area (TPSA) is 85.3 Å². The van der Waals surface area contributed by atoms with Gasteiger partial charge in [-0.15, -0.1) is 0 Å². The van der Waals surface area contributed by atoms with Gasteiger partial charge in [-0.05, 0) is 48.0 Å². The average molecular weight is 377 g/mol. The molecule has 0 bridgehead atoms. The van der Waals surface area contributed by atoms with Gasteiger partial charge in [-0.3, -0.25) is 4.72 Å². The third-order valence-electron chi connectivity index (χ3n) is 2.97. The highest BCUT2D eigenvalue weighted by Gasteiger charge is 2.26. The minimum absolute atomic E-state index is 0.00540. The number of nitrogens with two attached hydrogens (primary N) is 1. The molecule has 8 heteroatoms. The lowest BCUT2D eigenvalue weighted by Gasteiger charge is -2.09. The van der Waals surface area contributed by atoms with Gasteiger partial charge in [-0.2, -0.15) is 0 Å². The molecular weight excluding hydrogens is 363 g/mol. The summed E-state index contributed by atoms with van der Waals surface area (Å²) in [4.78, 5) is 0.00540. The first kappa shape index (κ1) is 16.0. The number of furan rings is 1. The van der Waals surface area contributed by atoms with E-state index < -0.39 is 15.8 Å². The highest BCUT2D eigenvalue weighted by atomic mass is 79.9. The second-order valence-corrected chi connectivity index (χ2v) is 6.93. The first-order chi connectivity index (χ1) is 9.76. The molecule has 0 aliphatic rings. The highest BCUT2D eigenvalue weighted by molar-refractivity contribution is 9.10. The van der Waals surface area contributed by atoms with Gasteiger partial charge in [0.25, 0.3) is 10.0 Å². The number of rotatable bonds is 4. The summed E-state index contributed by atoms with van der Waals surface area (Å²) in [6, 6.07) is 3.96. The molecule has 5 nitrogen and oxygen atoms in total. The van der Waals surface area contributed by atoms with Gasteiger partial charge in [0.05, 0.1) is 10.2 Å². The first-order valence-electron chi connectivity index (χ1n) is 6.03. The van der Waals surface area contributed by atoms with E-state index >= 15 is 0 Å². The molecule has 0 aliphatic heterocycles. The number of halogens is 2. The molecule has 0 saturated heterocycles. The Morgan fingerprint density at radius 2 is 2.00 bits per heavy atom. The normalized spacial score (nSPS) is 11.7. The fourth-order valence-electron chi connectivity index (χ4n) is 2.06. The Hall–Kier alpha value is -1.38. The standard InChI is InChI=1S/C13H14BrFN2O3S/c1-7-10(6-16)13(8(2)20-7)21(18,19)17-9-3-4-11(14)12(15)5-9/h3-5,17H,6,16H2,1-2H3. The lowest BCUT2D eigenvalue weighted by molar-refractivity contribution is 0.494. The maximum Gasteiger partial charge on any atom is 0.265 e. The third kappa shape index (κ3) is 3.12. The molecule has 1 aromatic heterocycles. The largest absolute Gasteiger partial charge is 0.465 e. The van der Waals surface area contributed by atoms with Crippen molar-refractivity contribution >= 4 is 31.6 Å². The predicted octanol–water partition coefficient (Wildman–Crippen LogP) is 3.06. The van der Waals surface area contributed by atoms with Gasteiger partial charge in [-0.25, -0.2) is 12.8 Å². The van der Waals surface area contributed by atoms with E-state index in [1.54, 1.807) is 13.8 Å². The molecule has 2 rings (SSSR count). The molecule has 114 valence electrons. The van der Waals surface area contributed by atoms with E-state index in [0.29, 0.717) is 11.3 Å². The van der Waals surface area contributed by atoms with Crippen LogP contribution in [0.5, 0.6) is 0 Å². The Labute approximate surface area is 130 Å². The minimum Gasteiger partial charge on any atom is -0.465 e. The zero-order valence-corrected chi connectivity index (χ0v) is 13.8. The van der Waals surface area contributed by atoms with Gasteiger partial charge < -0.3 is 10.2 Å². The average Bonchev–Trinajstić information content (AvgIpc) is 2.68. The van der Waals surface area contributed by atoms with Crippen LogP contribution in [0.2, 0.25) is 0 Å². The molecular formula is C13H14BrFN2O3S. The molecule has 0 radical (unpaired) electrons. The molecule has 1 heterocycles. The van der Waals surface area contributed by atoms with Crippen LogP contribution in [0.4, 0.5) is 10.1 Å². The quantitative estimate of drug-likeness (QED) is 0.858. The second kappa shape index (κ2) is 5.78. The monoisotopic (exact) mass is 376 g/mol. The smallest absolute Gasteiger partial charge is 0.265 e. The summed E-state index contributed by atoms with van der Waals surface area (Å²) >= 11 is 3.01. The molecule has 3 N–H and O–H groups in total. The summed E-state index contributed by atoms with van der Waals surface area (Å²) in [7, 11) is -3.90. The fraction of sp³-hybridized carbons (Fsp3) is 0.231. The number of nitrogens with one attached hydrogen (secondary N) is 1. The van der Waals surface area contributed by atoms with Gasteiger partial charge in [0.15, 0.2) is 0 Å². The van der Waals surface area contributed by atoms with Crippen molar-refractivity contribution in [2.45, 2.75) is 25.3 Å². The molecule has 0 spiro atoms. The van der Waals surface area contributed by atoms with E-state index in [1.807, 2.05) is 0 Å². The molecule has 1 aromatic carbocycles. The van der Waals surface area contributed by atoms with Crippen molar-refractivity contribution in [2.24, 2.45) is 5.73 Å². The van der Waals surface area contributed by atoms with E-state index in [2.05, 4.69) is 20.7 Å². The molecule has 2 aromatic rings. The zero-order valence-electron chi connectivity index (χ0n) is 11.4. The molecule has 0 saturated carbocycles. The Balaban J connectivity index is 2.45. The number of hydrogen-bond acceptors (Lipinski definition) is 4. The van der Waals surface area contributed by atoms with Gasteiger partial charge in [-0.1, -0.05) is 0 Å². The van der Waals surface area contributed by atoms with E-state index in [-0.39, 0.29) is 27.4 Å². The van der Waals surface area contributed by atoms with Gasteiger partial charge in [0.2, 0.25) is 0 Å². The SMILES string of the molecule is Cc1oc(C)c(S(=O)(=O)Nc2ccc(Br)c(F)c2)c1CN. The van der Waals surface area contributed by atoms with Crippen molar-refractivity contribution < 1.29 is 17.2 Å². The molecule has 21 heavy (non-hydrogen) atoms. The van der Waals surface area contributed by atoms with Gasteiger partial charge in [0, 0.05) is 12.1 Å².